The van der Waals surface area contributed by atoms with Crippen LogP contribution in [-0.2, 0) is 16.0 Å². The van der Waals surface area contributed by atoms with Gasteiger partial charge in [0.15, 0.2) is 0 Å². The number of fused-ring (bicyclic) bond motifs is 1. The van der Waals surface area contributed by atoms with Gasteiger partial charge in [-0.25, -0.2) is 4.79 Å². The Hall–Kier alpha value is -1.84. The minimum Gasteiger partial charge on any atom is -0.507 e. The molecule has 1 heterocycles. The molecule has 0 radical (unpaired) electrons. The number of cyclic esters (lactones) is 1. The summed E-state index contributed by atoms with van der Waals surface area (Å²) in [6.45, 7) is 1.52. The Balaban J connectivity index is 2.16. The monoisotopic (exact) mass is 234 g/mol. The van der Waals surface area contributed by atoms with Crippen molar-refractivity contribution in [2.75, 3.05) is 0 Å². The van der Waals surface area contributed by atoms with Gasteiger partial charge >= 0.3 is 5.97 Å². The lowest BCUT2D eigenvalue weighted by atomic mass is 9.95. The van der Waals surface area contributed by atoms with Crippen LogP contribution >= 0.6 is 0 Å². The van der Waals surface area contributed by atoms with E-state index in [-0.39, 0.29) is 23.2 Å². The molecule has 0 aliphatic carbocycles. The zero-order valence-corrected chi connectivity index (χ0v) is 9.60. The predicted molar refractivity (Wildman–Crippen MR) is 60.9 cm³/mol. The number of hydrogen-bond donors (Lipinski definition) is 1. The van der Waals surface area contributed by atoms with Gasteiger partial charge in [0, 0.05) is 12.8 Å². The lowest BCUT2D eigenvalue weighted by Crippen LogP contribution is -2.28. The van der Waals surface area contributed by atoms with E-state index in [2.05, 4.69) is 0 Å². The normalized spacial score (nSPS) is 18.4. The van der Waals surface area contributed by atoms with Gasteiger partial charge in [0.05, 0.1) is 0 Å². The number of esters is 1. The highest BCUT2D eigenvalue weighted by molar-refractivity contribution is 5.95. The second kappa shape index (κ2) is 4.57. The Morgan fingerprint density at radius 2 is 2.29 bits per heavy atom. The van der Waals surface area contributed by atoms with Crippen LogP contribution in [-0.4, -0.2) is 23.0 Å². The van der Waals surface area contributed by atoms with Crippen molar-refractivity contribution in [3.63, 3.8) is 0 Å². The molecule has 17 heavy (non-hydrogen) atoms. The third kappa shape index (κ3) is 2.46. The number of rotatable bonds is 3. The number of phenols is 1. The molecule has 1 atom stereocenters. The SMILES string of the molecule is CC(=O)CCC1Cc2cccc(O)c2C(=O)O1. The van der Waals surface area contributed by atoms with Gasteiger partial charge < -0.3 is 14.6 Å². The third-order valence-electron chi connectivity index (χ3n) is 2.87. The molecule has 1 unspecified atom stereocenters. The van der Waals surface area contributed by atoms with E-state index in [1.807, 2.05) is 0 Å². The summed E-state index contributed by atoms with van der Waals surface area (Å²) in [5, 5.41) is 9.58. The number of carbonyl (C=O) groups excluding carboxylic acids is 2. The van der Waals surface area contributed by atoms with Crippen LogP contribution in [0.2, 0.25) is 0 Å². The van der Waals surface area contributed by atoms with Gasteiger partial charge in [-0.2, -0.15) is 0 Å². The van der Waals surface area contributed by atoms with Crippen LogP contribution in [0.4, 0.5) is 0 Å². The van der Waals surface area contributed by atoms with E-state index < -0.39 is 5.97 Å². The van der Waals surface area contributed by atoms with E-state index in [0.717, 1.165) is 5.56 Å². The van der Waals surface area contributed by atoms with E-state index in [4.69, 9.17) is 4.74 Å². The van der Waals surface area contributed by atoms with Crippen LogP contribution in [0.5, 0.6) is 5.75 Å². The number of carbonyl (C=O) groups is 2. The van der Waals surface area contributed by atoms with Gasteiger partial charge in [-0.05, 0) is 25.0 Å². The Morgan fingerprint density at radius 1 is 1.53 bits per heavy atom. The zero-order chi connectivity index (χ0) is 12.4. The number of hydrogen-bond acceptors (Lipinski definition) is 4. The quantitative estimate of drug-likeness (QED) is 0.810. The summed E-state index contributed by atoms with van der Waals surface area (Å²) in [4.78, 5) is 22.6. The molecule has 4 heteroatoms. The molecule has 0 aromatic heterocycles. The van der Waals surface area contributed by atoms with Crippen molar-refractivity contribution in [1.29, 1.82) is 0 Å². The lowest BCUT2D eigenvalue weighted by molar-refractivity contribution is -0.117. The second-order valence-corrected chi connectivity index (χ2v) is 4.28. The number of ether oxygens (including phenoxy) is 1. The molecule has 0 spiro atoms. The van der Waals surface area contributed by atoms with E-state index >= 15 is 0 Å². The number of ketones is 1. The highest BCUT2D eigenvalue weighted by Crippen LogP contribution is 2.29. The summed E-state index contributed by atoms with van der Waals surface area (Å²) in [7, 11) is 0. The summed E-state index contributed by atoms with van der Waals surface area (Å²) < 4.78 is 5.19. The summed E-state index contributed by atoms with van der Waals surface area (Å²) in [5.74, 6) is -0.460. The van der Waals surface area contributed by atoms with E-state index in [0.29, 0.717) is 19.3 Å². The van der Waals surface area contributed by atoms with Gasteiger partial charge in [-0.1, -0.05) is 12.1 Å². The minimum atomic E-state index is -0.502. The largest absolute Gasteiger partial charge is 0.507 e. The molecular formula is C13H14O4. The number of Topliss-reactive ketones (excluding diaryl/α,β-unsaturated/α-hetero) is 1. The molecule has 2 rings (SSSR count). The molecule has 1 aromatic carbocycles. The lowest BCUT2D eigenvalue weighted by Gasteiger charge is -2.24. The van der Waals surface area contributed by atoms with E-state index in [1.54, 1.807) is 12.1 Å². The van der Waals surface area contributed by atoms with Crippen molar-refractivity contribution in [2.45, 2.75) is 32.3 Å². The van der Waals surface area contributed by atoms with Crippen molar-refractivity contribution in [2.24, 2.45) is 0 Å². The van der Waals surface area contributed by atoms with E-state index in [1.165, 1.54) is 13.0 Å². The van der Waals surface area contributed by atoms with Crippen LogP contribution in [0.1, 0.15) is 35.7 Å². The Morgan fingerprint density at radius 3 is 3.00 bits per heavy atom. The topological polar surface area (TPSA) is 63.6 Å². The Labute approximate surface area is 99.2 Å². The van der Waals surface area contributed by atoms with Gasteiger partial charge in [0.1, 0.15) is 23.2 Å². The average Bonchev–Trinajstić information content (AvgIpc) is 2.26. The molecule has 90 valence electrons. The van der Waals surface area contributed by atoms with Crippen molar-refractivity contribution in [3.8, 4) is 5.75 Å². The molecule has 0 saturated carbocycles. The highest BCUT2D eigenvalue weighted by Gasteiger charge is 2.28. The first-order valence-electron chi connectivity index (χ1n) is 5.59. The van der Waals surface area contributed by atoms with Gasteiger partial charge in [-0.15, -0.1) is 0 Å². The molecule has 0 saturated heterocycles. The molecule has 0 amide bonds. The minimum absolute atomic E-state index is 0.0440. The summed E-state index contributed by atoms with van der Waals surface area (Å²) >= 11 is 0. The maximum absolute atomic E-state index is 11.7. The number of phenolic OH excluding ortho intramolecular Hbond substituents is 1. The summed E-state index contributed by atoms with van der Waals surface area (Å²) in [6.07, 6.45) is 1.24. The molecule has 4 nitrogen and oxygen atoms in total. The summed E-state index contributed by atoms with van der Waals surface area (Å²) in [6, 6.07) is 4.97. The van der Waals surface area contributed by atoms with Crippen LogP contribution < -0.4 is 0 Å². The highest BCUT2D eigenvalue weighted by atomic mass is 16.5. The first-order valence-corrected chi connectivity index (χ1v) is 5.59. The number of aromatic hydroxyl groups is 1. The van der Waals surface area contributed by atoms with Gasteiger partial charge in [0.25, 0.3) is 0 Å². The Bertz CT molecular complexity index is 464. The molecule has 0 bridgehead atoms. The molecule has 1 aromatic rings. The maximum Gasteiger partial charge on any atom is 0.342 e. The average molecular weight is 234 g/mol. The van der Waals surface area contributed by atoms with Crippen LogP contribution in [0.25, 0.3) is 0 Å². The standard InChI is InChI=1S/C13H14O4/c1-8(14)5-6-10-7-9-3-2-4-11(15)12(9)13(16)17-10/h2-4,10,15H,5-7H2,1H3. The zero-order valence-electron chi connectivity index (χ0n) is 9.60. The van der Waals surface area contributed by atoms with Crippen molar-refractivity contribution < 1.29 is 19.4 Å². The fourth-order valence-corrected chi connectivity index (χ4v) is 2.01. The predicted octanol–water partition coefficient (Wildman–Crippen LogP) is 1.84. The molecule has 0 fully saturated rings. The first kappa shape index (κ1) is 11.6. The third-order valence-corrected chi connectivity index (χ3v) is 2.87. The van der Waals surface area contributed by atoms with Crippen molar-refractivity contribution in [1.82, 2.24) is 0 Å². The van der Waals surface area contributed by atoms with Crippen LogP contribution in [0.3, 0.4) is 0 Å². The summed E-state index contributed by atoms with van der Waals surface area (Å²) in [5.41, 5.74) is 1.04. The molecule has 1 N–H and O–H groups in total. The number of benzene rings is 1. The smallest absolute Gasteiger partial charge is 0.342 e. The molecule has 1 aliphatic heterocycles. The van der Waals surface area contributed by atoms with E-state index in [9.17, 15) is 14.7 Å². The van der Waals surface area contributed by atoms with Gasteiger partial charge in [0.2, 0.25) is 0 Å². The fraction of sp³-hybridized carbons (Fsp3) is 0.385. The molecular weight excluding hydrogens is 220 g/mol. The van der Waals surface area contributed by atoms with Crippen molar-refractivity contribution >= 4 is 11.8 Å². The van der Waals surface area contributed by atoms with Gasteiger partial charge in [-0.3, -0.25) is 0 Å². The first-order chi connectivity index (χ1) is 8.08. The molecule has 1 aliphatic rings. The Kier molecular flexibility index (Phi) is 3.13. The van der Waals surface area contributed by atoms with Crippen LogP contribution in [0, 0.1) is 0 Å². The maximum atomic E-state index is 11.7. The van der Waals surface area contributed by atoms with Crippen molar-refractivity contribution in [3.05, 3.63) is 29.3 Å². The fourth-order valence-electron chi connectivity index (χ4n) is 2.01. The second-order valence-electron chi connectivity index (χ2n) is 4.28. The van der Waals surface area contributed by atoms with Crippen LogP contribution in [0.15, 0.2) is 18.2 Å².